The Labute approximate surface area is 143 Å². The van der Waals surface area contributed by atoms with Crippen molar-refractivity contribution in [3.63, 3.8) is 0 Å². The van der Waals surface area contributed by atoms with Gasteiger partial charge in [0.05, 0.1) is 6.61 Å². The third-order valence-corrected chi connectivity index (χ3v) is 4.60. The number of aliphatic hydroxyl groups is 1. The van der Waals surface area contributed by atoms with Gasteiger partial charge in [0.25, 0.3) is 0 Å². The Balaban J connectivity index is 1.55. The fraction of sp³-hybridized carbons (Fsp3) is 0.400. The summed E-state index contributed by atoms with van der Waals surface area (Å²) in [5.41, 5.74) is 1.12. The van der Waals surface area contributed by atoms with Crippen LogP contribution in [0.25, 0.3) is 0 Å². The van der Waals surface area contributed by atoms with E-state index in [4.69, 9.17) is 9.47 Å². The molecule has 0 atom stereocenters. The van der Waals surface area contributed by atoms with Crippen LogP contribution >= 0.6 is 0 Å². The van der Waals surface area contributed by atoms with Gasteiger partial charge >= 0.3 is 0 Å². The van der Waals surface area contributed by atoms with Crippen LogP contribution < -0.4 is 10.1 Å². The van der Waals surface area contributed by atoms with Crippen molar-refractivity contribution < 1.29 is 14.6 Å². The minimum Gasteiger partial charge on any atom is -0.457 e. The van der Waals surface area contributed by atoms with Gasteiger partial charge in [0.15, 0.2) is 0 Å². The summed E-state index contributed by atoms with van der Waals surface area (Å²) in [6.45, 7) is 3.25. The minimum absolute atomic E-state index is 0.0452. The molecule has 1 saturated heterocycles. The van der Waals surface area contributed by atoms with Crippen molar-refractivity contribution in [2.24, 2.45) is 5.41 Å². The van der Waals surface area contributed by atoms with Crippen LogP contribution in [0.2, 0.25) is 0 Å². The predicted octanol–water partition coefficient (Wildman–Crippen LogP) is 3.36. The number of benzene rings is 2. The Kier molecular flexibility index (Phi) is 5.86. The summed E-state index contributed by atoms with van der Waals surface area (Å²) in [6.07, 6.45) is 1.82. The molecule has 1 fully saturated rings. The van der Waals surface area contributed by atoms with Crippen LogP contribution in [0.15, 0.2) is 54.6 Å². The second-order valence-corrected chi connectivity index (χ2v) is 6.44. The highest BCUT2D eigenvalue weighted by atomic mass is 16.5. The molecule has 2 aromatic rings. The number of rotatable bonds is 7. The first-order valence-corrected chi connectivity index (χ1v) is 8.51. The standard InChI is InChI=1S/C20H25NO3/c22-16-20(9-11-23-12-10-20)15-21-14-17-5-4-8-19(13-17)24-18-6-2-1-3-7-18/h1-8,13,21-22H,9-12,14-16H2. The molecular weight excluding hydrogens is 302 g/mol. The Morgan fingerprint density at radius 3 is 2.50 bits per heavy atom. The highest BCUT2D eigenvalue weighted by molar-refractivity contribution is 5.33. The van der Waals surface area contributed by atoms with Gasteiger partial charge in [-0.3, -0.25) is 0 Å². The van der Waals surface area contributed by atoms with Crippen LogP contribution in [0, 0.1) is 5.41 Å². The van der Waals surface area contributed by atoms with E-state index in [0.717, 1.165) is 50.6 Å². The van der Waals surface area contributed by atoms with E-state index in [-0.39, 0.29) is 12.0 Å². The van der Waals surface area contributed by atoms with Crippen LogP contribution in [-0.2, 0) is 11.3 Å². The van der Waals surface area contributed by atoms with Crippen LogP contribution in [0.1, 0.15) is 18.4 Å². The molecule has 24 heavy (non-hydrogen) atoms. The summed E-state index contributed by atoms with van der Waals surface area (Å²) < 4.78 is 11.3. The monoisotopic (exact) mass is 327 g/mol. The fourth-order valence-electron chi connectivity index (χ4n) is 3.01. The summed E-state index contributed by atoms with van der Waals surface area (Å²) in [5.74, 6) is 1.67. The van der Waals surface area contributed by atoms with Crippen molar-refractivity contribution >= 4 is 0 Å². The van der Waals surface area contributed by atoms with Gasteiger partial charge in [-0.25, -0.2) is 0 Å². The Morgan fingerprint density at radius 2 is 1.75 bits per heavy atom. The van der Waals surface area contributed by atoms with E-state index in [1.807, 2.05) is 42.5 Å². The van der Waals surface area contributed by atoms with E-state index in [0.29, 0.717) is 0 Å². The molecule has 2 aromatic carbocycles. The fourth-order valence-corrected chi connectivity index (χ4v) is 3.01. The highest BCUT2D eigenvalue weighted by Gasteiger charge is 2.31. The molecule has 0 radical (unpaired) electrons. The molecule has 0 spiro atoms. The first-order chi connectivity index (χ1) is 11.8. The lowest BCUT2D eigenvalue weighted by atomic mass is 9.81. The van der Waals surface area contributed by atoms with Gasteiger partial charge in [0.2, 0.25) is 0 Å². The highest BCUT2D eigenvalue weighted by Crippen LogP contribution is 2.29. The lowest BCUT2D eigenvalue weighted by molar-refractivity contribution is -0.0154. The molecule has 0 bridgehead atoms. The zero-order valence-electron chi connectivity index (χ0n) is 13.9. The van der Waals surface area contributed by atoms with E-state index >= 15 is 0 Å². The molecule has 3 rings (SSSR count). The number of hydrogen-bond acceptors (Lipinski definition) is 4. The molecule has 1 aliphatic rings. The summed E-state index contributed by atoms with van der Waals surface area (Å²) in [6, 6.07) is 17.9. The number of nitrogens with one attached hydrogen (secondary N) is 1. The molecule has 0 saturated carbocycles. The normalized spacial score (nSPS) is 16.7. The second kappa shape index (κ2) is 8.29. The summed E-state index contributed by atoms with van der Waals surface area (Å²) in [5, 5.41) is 13.2. The maximum atomic E-state index is 9.73. The van der Waals surface area contributed by atoms with E-state index in [1.54, 1.807) is 0 Å². The smallest absolute Gasteiger partial charge is 0.127 e. The molecule has 0 aromatic heterocycles. The van der Waals surface area contributed by atoms with Gasteiger partial charge < -0.3 is 19.9 Å². The number of ether oxygens (including phenoxy) is 2. The Bertz CT molecular complexity index is 624. The molecule has 0 unspecified atom stereocenters. The maximum Gasteiger partial charge on any atom is 0.127 e. The van der Waals surface area contributed by atoms with Gasteiger partial charge in [0, 0.05) is 31.7 Å². The number of hydrogen-bond donors (Lipinski definition) is 2. The number of para-hydroxylation sites is 1. The SMILES string of the molecule is OCC1(CNCc2cccc(Oc3ccccc3)c2)CCOCC1. The van der Waals surface area contributed by atoms with Crippen LogP contribution in [0.5, 0.6) is 11.5 Å². The molecular formula is C20H25NO3. The average molecular weight is 327 g/mol. The van der Waals surface area contributed by atoms with Crippen LogP contribution in [0.4, 0.5) is 0 Å². The van der Waals surface area contributed by atoms with Crippen molar-refractivity contribution in [1.29, 1.82) is 0 Å². The molecule has 4 nitrogen and oxygen atoms in total. The van der Waals surface area contributed by atoms with Gasteiger partial charge in [-0.15, -0.1) is 0 Å². The molecule has 1 aliphatic heterocycles. The molecule has 0 amide bonds. The van der Waals surface area contributed by atoms with Crippen molar-refractivity contribution in [1.82, 2.24) is 5.32 Å². The maximum absolute atomic E-state index is 9.73. The van der Waals surface area contributed by atoms with Crippen molar-refractivity contribution in [3.8, 4) is 11.5 Å². The summed E-state index contributed by atoms with van der Waals surface area (Å²) in [7, 11) is 0. The van der Waals surface area contributed by atoms with Gasteiger partial charge in [-0.05, 0) is 42.7 Å². The van der Waals surface area contributed by atoms with Crippen molar-refractivity contribution in [3.05, 3.63) is 60.2 Å². The molecule has 0 aliphatic carbocycles. The Morgan fingerprint density at radius 1 is 1.00 bits per heavy atom. The first kappa shape index (κ1) is 17.0. The second-order valence-electron chi connectivity index (χ2n) is 6.44. The largest absolute Gasteiger partial charge is 0.457 e. The Hall–Kier alpha value is -1.88. The van der Waals surface area contributed by atoms with Crippen LogP contribution in [0.3, 0.4) is 0 Å². The molecule has 4 heteroatoms. The lowest BCUT2D eigenvalue weighted by Crippen LogP contribution is -2.41. The topological polar surface area (TPSA) is 50.7 Å². The van der Waals surface area contributed by atoms with Gasteiger partial charge in [-0.2, -0.15) is 0 Å². The lowest BCUT2D eigenvalue weighted by Gasteiger charge is -2.35. The summed E-state index contributed by atoms with van der Waals surface area (Å²) in [4.78, 5) is 0. The van der Waals surface area contributed by atoms with E-state index in [2.05, 4.69) is 17.4 Å². The number of aliphatic hydroxyl groups excluding tert-OH is 1. The zero-order valence-corrected chi connectivity index (χ0v) is 13.9. The van der Waals surface area contributed by atoms with E-state index < -0.39 is 0 Å². The van der Waals surface area contributed by atoms with E-state index in [1.165, 1.54) is 5.56 Å². The van der Waals surface area contributed by atoms with Gasteiger partial charge in [-0.1, -0.05) is 30.3 Å². The average Bonchev–Trinajstić information content (AvgIpc) is 2.64. The quantitative estimate of drug-likeness (QED) is 0.819. The molecule has 128 valence electrons. The van der Waals surface area contributed by atoms with E-state index in [9.17, 15) is 5.11 Å². The molecule has 1 heterocycles. The summed E-state index contributed by atoms with van der Waals surface area (Å²) >= 11 is 0. The minimum atomic E-state index is -0.0452. The predicted molar refractivity (Wildman–Crippen MR) is 94.2 cm³/mol. The van der Waals surface area contributed by atoms with Crippen molar-refractivity contribution in [2.75, 3.05) is 26.4 Å². The van der Waals surface area contributed by atoms with Crippen LogP contribution in [-0.4, -0.2) is 31.5 Å². The zero-order chi connectivity index (χ0) is 16.7. The third-order valence-electron chi connectivity index (χ3n) is 4.60. The third kappa shape index (κ3) is 4.57. The first-order valence-electron chi connectivity index (χ1n) is 8.51. The van der Waals surface area contributed by atoms with Crippen molar-refractivity contribution in [2.45, 2.75) is 19.4 Å². The molecule has 2 N–H and O–H groups in total. The van der Waals surface area contributed by atoms with Gasteiger partial charge in [0.1, 0.15) is 11.5 Å².